The predicted molar refractivity (Wildman–Crippen MR) is 82.7 cm³/mol. The van der Waals surface area contributed by atoms with Gasteiger partial charge in [-0.05, 0) is 31.2 Å². The molecule has 2 aromatic rings. The second-order valence-electron chi connectivity index (χ2n) is 4.71. The molecular weight excluding hydrogens is 320 g/mol. The lowest BCUT2D eigenvalue weighted by Crippen LogP contribution is -2.34. The van der Waals surface area contributed by atoms with Crippen LogP contribution in [0, 0.1) is 0 Å². The van der Waals surface area contributed by atoms with Gasteiger partial charge in [0.25, 0.3) is 5.91 Å². The molecule has 8 heteroatoms. The minimum atomic E-state index is -3.75. The molecule has 0 bridgehead atoms. The van der Waals surface area contributed by atoms with Crippen molar-refractivity contribution < 1.29 is 22.4 Å². The van der Waals surface area contributed by atoms with Gasteiger partial charge in [-0.1, -0.05) is 12.1 Å². The summed E-state index contributed by atoms with van der Waals surface area (Å²) in [6, 6.07) is 8.85. The van der Waals surface area contributed by atoms with E-state index in [4.69, 9.17) is 4.42 Å². The lowest BCUT2D eigenvalue weighted by molar-refractivity contribution is 0.0926. The summed E-state index contributed by atoms with van der Waals surface area (Å²) in [6.45, 7) is 1.48. The molecule has 0 radical (unpaired) electrons. The molecule has 1 aromatic carbocycles. The summed E-state index contributed by atoms with van der Waals surface area (Å²) in [4.78, 5) is 22.9. The number of benzene rings is 1. The number of sulfonamides is 1. The highest BCUT2D eigenvalue weighted by Gasteiger charge is 2.15. The third-order valence-electron chi connectivity index (χ3n) is 3.00. The Morgan fingerprint density at radius 1 is 1.13 bits per heavy atom. The van der Waals surface area contributed by atoms with Gasteiger partial charge in [0.2, 0.25) is 10.0 Å². The van der Waals surface area contributed by atoms with E-state index in [2.05, 4.69) is 10.0 Å². The van der Waals surface area contributed by atoms with E-state index in [9.17, 15) is 18.0 Å². The van der Waals surface area contributed by atoms with Gasteiger partial charge in [0.15, 0.2) is 11.5 Å². The molecule has 23 heavy (non-hydrogen) atoms. The number of Topliss-reactive ketones (excluding diaryl/α,β-unsaturated/α-hetero) is 1. The number of carbonyl (C=O) groups excluding carboxylic acids is 2. The molecule has 0 saturated carbocycles. The Morgan fingerprint density at radius 3 is 2.57 bits per heavy atom. The summed E-state index contributed by atoms with van der Waals surface area (Å²) in [5.41, 5.74) is 0.319. The predicted octanol–water partition coefficient (Wildman–Crippen LogP) is 1.19. The molecule has 0 saturated heterocycles. The van der Waals surface area contributed by atoms with Crippen LogP contribution in [0.15, 0.2) is 52.0 Å². The van der Waals surface area contributed by atoms with Crippen LogP contribution in [0.3, 0.4) is 0 Å². The van der Waals surface area contributed by atoms with Crippen molar-refractivity contribution in [3.8, 4) is 0 Å². The molecule has 2 N–H and O–H groups in total. The first kappa shape index (κ1) is 16.9. The molecule has 7 nitrogen and oxygen atoms in total. The maximum Gasteiger partial charge on any atom is 0.287 e. The molecule has 0 aliphatic rings. The highest BCUT2D eigenvalue weighted by Crippen LogP contribution is 2.11. The molecule has 0 aliphatic carbocycles. The maximum atomic E-state index is 12.1. The summed E-state index contributed by atoms with van der Waals surface area (Å²) < 4.78 is 31.5. The van der Waals surface area contributed by atoms with Crippen LogP contribution in [0.2, 0.25) is 0 Å². The molecule has 1 aromatic heterocycles. The lowest BCUT2D eigenvalue weighted by Gasteiger charge is -2.08. The summed E-state index contributed by atoms with van der Waals surface area (Å²) in [5.74, 6) is -0.484. The molecule has 0 aliphatic heterocycles. The van der Waals surface area contributed by atoms with Crippen LogP contribution in [-0.2, 0) is 10.0 Å². The third-order valence-corrected chi connectivity index (χ3v) is 4.46. The first-order chi connectivity index (χ1) is 10.9. The fraction of sp³-hybridized carbons (Fsp3) is 0.200. The largest absolute Gasteiger partial charge is 0.459 e. The molecule has 1 heterocycles. The number of rotatable bonds is 7. The SMILES string of the molecule is CC(=O)c1cccc(S(=O)(=O)NCCNC(=O)c2ccco2)c1. The molecule has 0 fully saturated rings. The van der Waals surface area contributed by atoms with Crippen LogP contribution in [0.5, 0.6) is 0 Å². The van der Waals surface area contributed by atoms with Crippen molar-refractivity contribution in [2.24, 2.45) is 0 Å². The average Bonchev–Trinajstić information content (AvgIpc) is 3.06. The monoisotopic (exact) mass is 336 g/mol. The Bertz CT molecular complexity index is 797. The number of hydrogen-bond donors (Lipinski definition) is 2. The fourth-order valence-corrected chi connectivity index (χ4v) is 2.90. The zero-order valence-electron chi connectivity index (χ0n) is 12.4. The van der Waals surface area contributed by atoms with Crippen molar-refractivity contribution in [2.45, 2.75) is 11.8 Å². The highest BCUT2D eigenvalue weighted by atomic mass is 32.2. The molecular formula is C15H16N2O5S. The van der Waals surface area contributed by atoms with Crippen molar-refractivity contribution in [3.63, 3.8) is 0 Å². The molecule has 2 rings (SSSR count). The van der Waals surface area contributed by atoms with Crippen LogP contribution in [0.1, 0.15) is 27.8 Å². The van der Waals surface area contributed by atoms with E-state index in [0.717, 1.165) is 0 Å². The van der Waals surface area contributed by atoms with Crippen molar-refractivity contribution in [1.82, 2.24) is 10.0 Å². The minimum Gasteiger partial charge on any atom is -0.459 e. The van der Waals surface area contributed by atoms with Crippen LogP contribution < -0.4 is 10.0 Å². The highest BCUT2D eigenvalue weighted by molar-refractivity contribution is 7.89. The van der Waals surface area contributed by atoms with E-state index in [0.29, 0.717) is 5.56 Å². The van der Waals surface area contributed by atoms with Crippen molar-refractivity contribution in [2.75, 3.05) is 13.1 Å². The number of furan rings is 1. The first-order valence-corrected chi connectivity index (χ1v) is 8.31. The lowest BCUT2D eigenvalue weighted by atomic mass is 10.2. The zero-order chi connectivity index (χ0) is 16.9. The Hall–Kier alpha value is -2.45. The summed E-state index contributed by atoms with van der Waals surface area (Å²) in [7, 11) is -3.75. The molecule has 0 atom stereocenters. The summed E-state index contributed by atoms with van der Waals surface area (Å²) in [5, 5.41) is 2.52. The number of amides is 1. The van der Waals surface area contributed by atoms with Crippen molar-refractivity contribution >= 4 is 21.7 Å². The molecule has 122 valence electrons. The Kier molecular flexibility index (Phi) is 5.30. The van der Waals surface area contributed by atoms with E-state index in [1.165, 1.54) is 37.5 Å². The van der Waals surface area contributed by atoms with Crippen LogP contribution >= 0.6 is 0 Å². The van der Waals surface area contributed by atoms with E-state index in [1.54, 1.807) is 12.1 Å². The second kappa shape index (κ2) is 7.21. The van der Waals surface area contributed by atoms with Gasteiger partial charge >= 0.3 is 0 Å². The van der Waals surface area contributed by atoms with Gasteiger partial charge in [0.05, 0.1) is 11.2 Å². The zero-order valence-corrected chi connectivity index (χ0v) is 13.2. The molecule has 1 amide bonds. The van der Waals surface area contributed by atoms with Gasteiger partial charge in [-0.3, -0.25) is 9.59 Å². The fourth-order valence-electron chi connectivity index (χ4n) is 1.82. The van der Waals surface area contributed by atoms with E-state index < -0.39 is 15.9 Å². The number of carbonyl (C=O) groups is 2. The molecule has 0 unspecified atom stereocenters. The van der Waals surface area contributed by atoms with Crippen LogP contribution in [0.4, 0.5) is 0 Å². The standard InChI is InChI=1S/C15H16N2O5S/c1-11(18)12-4-2-5-13(10-12)23(20,21)17-8-7-16-15(19)14-6-3-9-22-14/h2-6,9-10,17H,7-8H2,1H3,(H,16,19). The van der Waals surface area contributed by atoms with E-state index in [1.807, 2.05) is 0 Å². The third kappa shape index (κ3) is 4.51. The first-order valence-electron chi connectivity index (χ1n) is 6.82. The quantitative estimate of drug-likeness (QED) is 0.584. The number of hydrogen-bond acceptors (Lipinski definition) is 5. The summed E-state index contributed by atoms with van der Waals surface area (Å²) in [6.07, 6.45) is 1.37. The van der Waals surface area contributed by atoms with E-state index >= 15 is 0 Å². The van der Waals surface area contributed by atoms with Crippen LogP contribution in [-0.4, -0.2) is 33.2 Å². The van der Waals surface area contributed by atoms with Gasteiger partial charge in [-0.25, -0.2) is 13.1 Å². The number of nitrogens with one attached hydrogen (secondary N) is 2. The maximum absolute atomic E-state index is 12.1. The van der Waals surface area contributed by atoms with Gasteiger partial charge in [0, 0.05) is 18.7 Å². The van der Waals surface area contributed by atoms with Gasteiger partial charge in [-0.2, -0.15) is 0 Å². The number of ketones is 1. The average molecular weight is 336 g/mol. The van der Waals surface area contributed by atoms with Crippen LogP contribution in [0.25, 0.3) is 0 Å². The van der Waals surface area contributed by atoms with Gasteiger partial charge in [-0.15, -0.1) is 0 Å². The molecule has 0 spiro atoms. The smallest absolute Gasteiger partial charge is 0.287 e. The Labute approximate surface area is 133 Å². The Balaban J connectivity index is 1.90. The summed E-state index contributed by atoms with van der Waals surface area (Å²) >= 11 is 0. The van der Waals surface area contributed by atoms with Gasteiger partial charge in [0.1, 0.15) is 0 Å². The normalized spacial score (nSPS) is 11.2. The second-order valence-corrected chi connectivity index (χ2v) is 6.48. The topological polar surface area (TPSA) is 105 Å². The Morgan fingerprint density at radius 2 is 1.91 bits per heavy atom. The van der Waals surface area contributed by atoms with E-state index in [-0.39, 0.29) is 29.5 Å². The van der Waals surface area contributed by atoms with Crippen molar-refractivity contribution in [3.05, 3.63) is 54.0 Å². The van der Waals surface area contributed by atoms with Gasteiger partial charge < -0.3 is 9.73 Å². The van der Waals surface area contributed by atoms with Crippen molar-refractivity contribution in [1.29, 1.82) is 0 Å². The minimum absolute atomic E-state index is 0.00237.